The summed E-state index contributed by atoms with van der Waals surface area (Å²) in [4.78, 5) is 13.1. The number of halogens is 2. The molecule has 0 bridgehead atoms. The summed E-state index contributed by atoms with van der Waals surface area (Å²) in [6.45, 7) is 7.41. The Morgan fingerprint density at radius 3 is 2.38 bits per heavy atom. The van der Waals surface area contributed by atoms with E-state index in [-0.39, 0.29) is 10.3 Å². The molecule has 9 heteroatoms. The number of fused-ring (bicyclic) bond motifs is 1. The van der Waals surface area contributed by atoms with E-state index in [9.17, 15) is 5.26 Å². The molecule has 0 saturated carbocycles. The number of aromatic nitrogens is 4. The molecule has 4 rings (SSSR count). The molecule has 1 aromatic carbocycles. The van der Waals surface area contributed by atoms with Gasteiger partial charge >= 0.3 is 0 Å². The zero-order valence-electron chi connectivity index (χ0n) is 21.6. The highest BCUT2D eigenvalue weighted by Gasteiger charge is 2.21. The van der Waals surface area contributed by atoms with Gasteiger partial charge in [0.05, 0.1) is 30.1 Å². The fourth-order valence-corrected chi connectivity index (χ4v) is 4.97. The second-order valence-electron chi connectivity index (χ2n) is 9.27. The van der Waals surface area contributed by atoms with Crippen LogP contribution in [-0.4, -0.2) is 31.7 Å². The number of nitriles is 1. The van der Waals surface area contributed by atoms with Gasteiger partial charge < -0.3 is 9.80 Å². The van der Waals surface area contributed by atoms with E-state index < -0.39 is 0 Å². The molecule has 0 spiro atoms. The molecule has 0 radical (unpaired) electrons. The first-order valence-corrected chi connectivity index (χ1v) is 12.7. The molecule has 37 heavy (non-hydrogen) atoms. The Morgan fingerprint density at radius 1 is 1.08 bits per heavy atom. The third-order valence-corrected chi connectivity index (χ3v) is 6.63. The molecule has 3 aromatic heterocycles. The standard InChI is InChI=1S/C28H29Cl2N7/c1-18(2)23-13-21(32-28-27(23)19(3)34-36(28)5)17-37(16-20-9-7-6-8-10-20)26(11-12-31)35(4)22-14-24(29)33-25(30)15-22/h6-11,13-15,18H,16-17H2,1-5H3/b26-11-. The van der Waals surface area contributed by atoms with E-state index in [0.717, 1.165) is 33.7 Å². The minimum Gasteiger partial charge on any atom is -0.347 e. The molecule has 190 valence electrons. The van der Waals surface area contributed by atoms with Crippen molar-refractivity contribution in [1.82, 2.24) is 24.6 Å². The van der Waals surface area contributed by atoms with Crippen LogP contribution in [0.2, 0.25) is 10.3 Å². The molecule has 4 aromatic rings. The first kappa shape index (κ1) is 26.5. The van der Waals surface area contributed by atoms with E-state index in [1.165, 1.54) is 11.6 Å². The fourth-order valence-electron chi connectivity index (χ4n) is 4.52. The normalized spacial score (nSPS) is 11.7. The summed E-state index contributed by atoms with van der Waals surface area (Å²) in [7, 11) is 3.80. The van der Waals surface area contributed by atoms with Crippen molar-refractivity contribution in [1.29, 1.82) is 5.26 Å². The van der Waals surface area contributed by atoms with Gasteiger partial charge in [0.1, 0.15) is 16.1 Å². The Kier molecular flexibility index (Phi) is 8.01. The van der Waals surface area contributed by atoms with Gasteiger partial charge in [-0.3, -0.25) is 4.68 Å². The largest absolute Gasteiger partial charge is 0.347 e. The summed E-state index contributed by atoms with van der Waals surface area (Å²) in [6.07, 6.45) is 1.53. The van der Waals surface area contributed by atoms with Gasteiger partial charge in [-0.05, 0) is 42.2 Å². The molecule has 0 N–H and O–H groups in total. The van der Waals surface area contributed by atoms with Crippen molar-refractivity contribution in [3.63, 3.8) is 0 Å². The SMILES string of the molecule is Cc1nn(C)c2nc(CN(Cc3ccccc3)/C(=C\C#N)N(C)c3cc(Cl)nc(Cl)c3)cc(C(C)C)c12. The number of hydrogen-bond acceptors (Lipinski definition) is 6. The first-order chi connectivity index (χ1) is 17.7. The van der Waals surface area contributed by atoms with Crippen LogP contribution in [0.5, 0.6) is 0 Å². The fraction of sp³-hybridized carbons (Fsp3) is 0.286. The summed E-state index contributed by atoms with van der Waals surface area (Å²) >= 11 is 12.4. The van der Waals surface area contributed by atoms with E-state index >= 15 is 0 Å². The monoisotopic (exact) mass is 533 g/mol. The van der Waals surface area contributed by atoms with Crippen LogP contribution < -0.4 is 4.90 Å². The van der Waals surface area contributed by atoms with Crippen molar-refractivity contribution in [2.24, 2.45) is 7.05 Å². The third kappa shape index (κ3) is 5.87. The number of allylic oxidation sites excluding steroid dienone is 1. The van der Waals surface area contributed by atoms with Crippen LogP contribution in [0.15, 0.2) is 60.4 Å². The Hall–Kier alpha value is -3.60. The summed E-state index contributed by atoms with van der Waals surface area (Å²) in [5.41, 5.74) is 5.74. The molecule has 7 nitrogen and oxygen atoms in total. The Labute approximate surface area is 227 Å². The topological polar surface area (TPSA) is 73.9 Å². The predicted octanol–water partition coefficient (Wildman–Crippen LogP) is 6.61. The molecule has 0 aliphatic carbocycles. The van der Waals surface area contributed by atoms with Crippen LogP contribution in [0.4, 0.5) is 5.69 Å². The average molecular weight is 534 g/mol. The van der Waals surface area contributed by atoms with Crippen LogP contribution in [-0.2, 0) is 20.1 Å². The molecular weight excluding hydrogens is 505 g/mol. The highest BCUT2D eigenvalue weighted by Crippen LogP contribution is 2.30. The van der Waals surface area contributed by atoms with Crippen LogP contribution in [0.3, 0.4) is 0 Å². The molecule has 0 saturated heterocycles. The molecule has 3 heterocycles. The van der Waals surface area contributed by atoms with Gasteiger partial charge in [-0.1, -0.05) is 67.4 Å². The predicted molar refractivity (Wildman–Crippen MR) is 149 cm³/mol. The molecule has 0 aliphatic heterocycles. The second-order valence-corrected chi connectivity index (χ2v) is 10.0. The highest BCUT2D eigenvalue weighted by molar-refractivity contribution is 6.32. The van der Waals surface area contributed by atoms with E-state index in [0.29, 0.717) is 24.8 Å². The Bertz CT molecular complexity index is 1470. The third-order valence-electron chi connectivity index (χ3n) is 6.24. The van der Waals surface area contributed by atoms with Gasteiger partial charge in [0, 0.05) is 31.7 Å². The Morgan fingerprint density at radius 2 is 1.76 bits per heavy atom. The molecule has 0 unspecified atom stereocenters. The van der Waals surface area contributed by atoms with E-state index in [2.05, 4.69) is 53.1 Å². The van der Waals surface area contributed by atoms with E-state index in [1.807, 2.05) is 48.8 Å². The first-order valence-electron chi connectivity index (χ1n) is 12.0. The lowest BCUT2D eigenvalue weighted by Gasteiger charge is -2.33. The molecule has 0 aliphatic rings. The number of nitrogens with zero attached hydrogens (tertiary/aromatic N) is 7. The lowest BCUT2D eigenvalue weighted by Crippen LogP contribution is -2.33. The van der Waals surface area contributed by atoms with E-state index in [1.54, 1.807) is 12.1 Å². The van der Waals surface area contributed by atoms with Gasteiger partial charge in [-0.25, -0.2) is 9.97 Å². The molecular formula is C28H29Cl2N7. The zero-order valence-corrected chi connectivity index (χ0v) is 23.1. The Balaban J connectivity index is 1.82. The van der Waals surface area contributed by atoms with Crippen LogP contribution >= 0.6 is 23.2 Å². The van der Waals surface area contributed by atoms with Crippen molar-refractivity contribution in [2.45, 2.75) is 39.8 Å². The number of pyridine rings is 2. The maximum Gasteiger partial charge on any atom is 0.158 e. The number of aryl methyl sites for hydroxylation is 2. The smallest absolute Gasteiger partial charge is 0.158 e. The molecule has 0 atom stereocenters. The summed E-state index contributed by atoms with van der Waals surface area (Å²) in [6, 6.07) is 17.9. The average Bonchev–Trinajstić information content (AvgIpc) is 3.14. The van der Waals surface area contributed by atoms with Crippen LogP contribution in [0, 0.1) is 18.3 Å². The number of rotatable bonds is 8. The maximum absolute atomic E-state index is 9.75. The lowest BCUT2D eigenvalue weighted by atomic mass is 9.98. The quantitative estimate of drug-likeness (QED) is 0.187. The van der Waals surface area contributed by atoms with Crippen molar-refractivity contribution in [3.8, 4) is 6.07 Å². The van der Waals surface area contributed by atoms with E-state index in [4.69, 9.17) is 28.2 Å². The number of hydrogen-bond donors (Lipinski definition) is 0. The molecule has 0 amide bonds. The van der Waals surface area contributed by atoms with Gasteiger partial charge in [0.15, 0.2) is 5.65 Å². The highest BCUT2D eigenvalue weighted by atomic mass is 35.5. The van der Waals surface area contributed by atoms with Crippen LogP contribution in [0.1, 0.15) is 42.3 Å². The van der Waals surface area contributed by atoms with Crippen molar-refractivity contribution >= 4 is 39.9 Å². The summed E-state index contributed by atoms with van der Waals surface area (Å²) in [5, 5.41) is 16.0. The van der Waals surface area contributed by atoms with Crippen molar-refractivity contribution < 1.29 is 0 Å². The van der Waals surface area contributed by atoms with Gasteiger partial charge in [-0.15, -0.1) is 0 Å². The lowest BCUT2D eigenvalue weighted by molar-refractivity contribution is 0.317. The minimum absolute atomic E-state index is 0.278. The number of anilines is 1. The second kappa shape index (κ2) is 11.2. The maximum atomic E-state index is 9.75. The summed E-state index contributed by atoms with van der Waals surface area (Å²) < 4.78 is 1.83. The van der Waals surface area contributed by atoms with Crippen molar-refractivity contribution in [3.05, 3.63) is 93.2 Å². The van der Waals surface area contributed by atoms with Gasteiger partial charge in [0.25, 0.3) is 0 Å². The van der Waals surface area contributed by atoms with Gasteiger partial charge in [0.2, 0.25) is 0 Å². The summed E-state index contributed by atoms with van der Waals surface area (Å²) in [5.74, 6) is 0.978. The van der Waals surface area contributed by atoms with Gasteiger partial charge in [-0.2, -0.15) is 10.4 Å². The number of benzene rings is 1. The zero-order chi connectivity index (χ0) is 26.7. The molecule has 0 fully saturated rings. The van der Waals surface area contributed by atoms with Crippen molar-refractivity contribution in [2.75, 3.05) is 11.9 Å². The van der Waals surface area contributed by atoms with Crippen LogP contribution in [0.25, 0.3) is 11.0 Å². The minimum atomic E-state index is 0.278.